The van der Waals surface area contributed by atoms with Gasteiger partial charge in [0.25, 0.3) is 5.91 Å². The summed E-state index contributed by atoms with van der Waals surface area (Å²) >= 11 is 0. The molecule has 6 heteroatoms. The lowest BCUT2D eigenvalue weighted by Gasteiger charge is -2.45. The Balaban J connectivity index is 0.000000312. The Morgan fingerprint density at radius 3 is 2.06 bits per heavy atom. The first kappa shape index (κ1) is 34.1. The molecule has 2 fully saturated rings. The average molecular weight is 647 g/mol. The fraction of sp³-hybridized carbons (Fsp3) is 0.476. The van der Waals surface area contributed by atoms with Crippen molar-refractivity contribution >= 4 is 11.7 Å². The van der Waals surface area contributed by atoms with Crippen molar-refractivity contribution in [2.45, 2.75) is 89.1 Å². The second kappa shape index (κ2) is 14.8. The number of aliphatic imine (C=N–C) groups is 1. The second-order valence-electron chi connectivity index (χ2n) is 13.8. The van der Waals surface area contributed by atoms with Crippen molar-refractivity contribution < 1.29 is 19.0 Å². The molecule has 3 atom stereocenters. The third-order valence-corrected chi connectivity index (χ3v) is 10.9. The minimum Gasteiger partial charge on any atom is -0.381 e. The van der Waals surface area contributed by atoms with Gasteiger partial charge in [0, 0.05) is 38.2 Å². The summed E-state index contributed by atoms with van der Waals surface area (Å²) in [4.78, 5) is 21.9. The second-order valence-corrected chi connectivity index (χ2v) is 13.8. The summed E-state index contributed by atoms with van der Waals surface area (Å²) in [6.45, 7) is 4.55. The Kier molecular flexibility index (Phi) is 10.5. The zero-order chi connectivity index (χ0) is 33.7. The molecular formula is C42H50N2O4. The van der Waals surface area contributed by atoms with Crippen LogP contribution in [0.5, 0.6) is 0 Å². The van der Waals surface area contributed by atoms with Crippen LogP contribution in [0.4, 0.5) is 0 Å². The summed E-state index contributed by atoms with van der Waals surface area (Å²) in [5.41, 5.74) is 4.47. The average Bonchev–Trinajstić information content (AvgIpc) is 3.88. The zero-order valence-electron chi connectivity index (χ0n) is 29.2. The molecule has 2 saturated carbocycles. The van der Waals surface area contributed by atoms with E-state index in [1.54, 1.807) is 21.3 Å². The summed E-state index contributed by atoms with van der Waals surface area (Å²) in [7, 11) is 5.26. The van der Waals surface area contributed by atoms with E-state index in [1.807, 2.05) is 48.2 Å². The predicted molar refractivity (Wildman–Crippen MR) is 191 cm³/mol. The SMILES string of the molecule is CCC(OC)c1ccccc1.COC1CCC2(CC1)Cc1ccc(C#CC3CC3)cc1C21N=C(C)N(CC(OC)c2ccccc2)C1=O. The molecule has 3 aliphatic carbocycles. The van der Waals surface area contributed by atoms with Crippen molar-refractivity contribution in [3.8, 4) is 11.8 Å². The van der Waals surface area contributed by atoms with Gasteiger partial charge in [-0.25, -0.2) is 0 Å². The Hall–Kier alpha value is -3.76. The Labute approximate surface area is 286 Å². The lowest BCUT2D eigenvalue weighted by molar-refractivity contribution is -0.139. The number of ether oxygens (including phenoxy) is 3. The van der Waals surface area contributed by atoms with Crippen molar-refractivity contribution in [3.63, 3.8) is 0 Å². The number of carbonyl (C=O) groups excluding carboxylic acids is 1. The monoisotopic (exact) mass is 646 g/mol. The normalized spacial score (nSPS) is 25.5. The van der Waals surface area contributed by atoms with Crippen LogP contribution in [0.1, 0.15) is 98.8 Å². The van der Waals surface area contributed by atoms with E-state index in [9.17, 15) is 4.79 Å². The van der Waals surface area contributed by atoms with Crippen LogP contribution in [-0.4, -0.2) is 50.6 Å². The number of carbonyl (C=O) groups is 1. The molecule has 0 bridgehead atoms. The number of benzene rings is 3. The van der Waals surface area contributed by atoms with Crippen LogP contribution in [-0.2, 0) is 31.0 Å². The van der Waals surface area contributed by atoms with Gasteiger partial charge in [-0.05, 0) is 92.7 Å². The number of nitrogens with zero attached hydrogens (tertiary/aromatic N) is 2. The third kappa shape index (κ3) is 6.61. The molecule has 1 heterocycles. The molecule has 3 aromatic carbocycles. The topological polar surface area (TPSA) is 60.4 Å². The van der Waals surface area contributed by atoms with Crippen LogP contribution in [0.3, 0.4) is 0 Å². The lowest BCUT2D eigenvalue weighted by atomic mass is 9.61. The van der Waals surface area contributed by atoms with Gasteiger partial charge < -0.3 is 14.2 Å². The summed E-state index contributed by atoms with van der Waals surface area (Å²) in [6, 6.07) is 26.9. The number of amidine groups is 1. The van der Waals surface area contributed by atoms with E-state index in [4.69, 9.17) is 19.2 Å². The van der Waals surface area contributed by atoms with Crippen molar-refractivity contribution in [2.75, 3.05) is 27.9 Å². The van der Waals surface area contributed by atoms with Gasteiger partial charge in [-0.1, -0.05) is 85.5 Å². The fourth-order valence-electron chi connectivity index (χ4n) is 8.04. The van der Waals surface area contributed by atoms with E-state index in [-0.39, 0.29) is 29.6 Å². The molecule has 0 aromatic heterocycles. The van der Waals surface area contributed by atoms with Gasteiger partial charge in [-0.3, -0.25) is 14.7 Å². The number of rotatable bonds is 8. The van der Waals surface area contributed by atoms with Gasteiger partial charge in [0.15, 0.2) is 5.54 Å². The number of hydrogen-bond acceptors (Lipinski definition) is 5. The van der Waals surface area contributed by atoms with E-state index in [2.05, 4.69) is 61.2 Å². The minimum atomic E-state index is -0.905. The lowest BCUT2D eigenvalue weighted by Crippen LogP contribution is -2.52. The first-order chi connectivity index (χ1) is 23.4. The molecule has 0 N–H and O–H groups in total. The summed E-state index contributed by atoms with van der Waals surface area (Å²) in [6.07, 6.45) is 8.34. The summed E-state index contributed by atoms with van der Waals surface area (Å²) in [5.74, 6) is 8.18. The minimum absolute atomic E-state index is 0.0879. The molecule has 3 unspecified atom stereocenters. The maximum Gasteiger partial charge on any atom is 0.261 e. The molecule has 1 amide bonds. The highest BCUT2D eigenvalue weighted by atomic mass is 16.5. The number of hydrogen-bond donors (Lipinski definition) is 0. The zero-order valence-corrected chi connectivity index (χ0v) is 29.2. The quantitative estimate of drug-likeness (QED) is 0.232. The Morgan fingerprint density at radius 1 is 0.875 bits per heavy atom. The third-order valence-electron chi connectivity index (χ3n) is 10.9. The van der Waals surface area contributed by atoms with Crippen LogP contribution in [0.2, 0.25) is 0 Å². The molecule has 0 radical (unpaired) electrons. The van der Waals surface area contributed by atoms with Crippen molar-refractivity contribution in [3.05, 3.63) is 107 Å². The van der Waals surface area contributed by atoms with E-state index >= 15 is 0 Å². The van der Waals surface area contributed by atoms with E-state index in [1.165, 1.54) is 24.0 Å². The number of methoxy groups -OCH3 is 3. The van der Waals surface area contributed by atoms with Gasteiger partial charge in [0.1, 0.15) is 11.9 Å². The maximum atomic E-state index is 14.7. The van der Waals surface area contributed by atoms with Crippen LogP contribution in [0.15, 0.2) is 83.9 Å². The van der Waals surface area contributed by atoms with Crippen LogP contribution < -0.4 is 0 Å². The van der Waals surface area contributed by atoms with Gasteiger partial charge in [0.05, 0.1) is 18.8 Å². The Morgan fingerprint density at radius 2 is 1.50 bits per heavy atom. The maximum absolute atomic E-state index is 14.7. The van der Waals surface area contributed by atoms with Crippen LogP contribution in [0, 0.1) is 23.2 Å². The molecule has 4 aliphatic rings. The molecule has 0 saturated heterocycles. The molecular weight excluding hydrogens is 596 g/mol. The van der Waals surface area contributed by atoms with E-state index in [0.29, 0.717) is 12.5 Å². The fourth-order valence-corrected chi connectivity index (χ4v) is 8.04. The number of fused-ring (bicyclic) bond motifs is 3. The van der Waals surface area contributed by atoms with Gasteiger partial charge >= 0.3 is 0 Å². The van der Waals surface area contributed by atoms with Crippen molar-refractivity contribution in [1.29, 1.82) is 0 Å². The molecule has 6 nitrogen and oxygen atoms in total. The van der Waals surface area contributed by atoms with Crippen LogP contribution >= 0.6 is 0 Å². The smallest absolute Gasteiger partial charge is 0.261 e. The molecule has 48 heavy (non-hydrogen) atoms. The highest BCUT2D eigenvalue weighted by molar-refractivity contribution is 6.09. The van der Waals surface area contributed by atoms with E-state index < -0.39 is 5.54 Å². The van der Waals surface area contributed by atoms with E-state index in [0.717, 1.165) is 61.1 Å². The largest absolute Gasteiger partial charge is 0.381 e. The van der Waals surface area contributed by atoms with Gasteiger partial charge in [0.2, 0.25) is 0 Å². The number of amides is 1. The molecule has 3 aromatic rings. The van der Waals surface area contributed by atoms with Crippen molar-refractivity contribution in [2.24, 2.45) is 16.3 Å². The molecule has 2 spiro atoms. The Bertz CT molecular complexity index is 1640. The molecule has 7 rings (SSSR count). The highest BCUT2D eigenvalue weighted by Gasteiger charge is 2.66. The van der Waals surface area contributed by atoms with Gasteiger partial charge in [-0.2, -0.15) is 0 Å². The first-order valence-corrected chi connectivity index (χ1v) is 17.6. The molecule has 1 aliphatic heterocycles. The predicted octanol–water partition coefficient (Wildman–Crippen LogP) is 8.21. The van der Waals surface area contributed by atoms with Crippen LogP contribution in [0.25, 0.3) is 0 Å². The van der Waals surface area contributed by atoms with Crippen molar-refractivity contribution in [1.82, 2.24) is 4.90 Å². The van der Waals surface area contributed by atoms with Gasteiger partial charge in [-0.15, -0.1) is 0 Å². The summed E-state index contributed by atoms with van der Waals surface area (Å²) in [5, 5.41) is 0. The summed E-state index contributed by atoms with van der Waals surface area (Å²) < 4.78 is 16.9. The first-order valence-electron chi connectivity index (χ1n) is 17.6. The molecule has 252 valence electrons. The highest BCUT2D eigenvalue weighted by Crippen LogP contribution is 2.62. The standard InChI is InChI=1S/C32H36N2O3.C10H14O/c1-22-33-32(30(35)34(22)21-29(37-3)25-7-5-4-6-8-25)28-19-24(12-11-23-9-10-23)13-14-26(28)20-31(32)17-15-27(36-2)16-18-31;1-3-10(11-2)9-7-5-4-6-8-9/h4-8,13-14,19,23,27,29H,9-10,15-18,20-21H2,1-3H3;4-8,10H,3H2,1-2H3.